The van der Waals surface area contributed by atoms with E-state index in [1.807, 2.05) is 11.9 Å². The average Bonchev–Trinajstić information content (AvgIpc) is 3.05. The number of amides is 1. The SMILES string of the molecule is COC(=O)[C@@H]1C[C@@H](NC(=O)CCn2cncn2)CN1C. The molecular formula is C12H19N5O3. The van der Waals surface area contributed by atoms with Gasteiger partial charge in [-0.3, -0.25) is 19.2 Å². The van der Waals surface area contributed by atoms with Crippen LogP contribution in [0.15, 0.2) is 12.7 Å². The van der Waals surface area contributed by atoms with Gasteiger partial charge in [0, 0.05) is 19.0 Å². The summed E-state index contributed by atoms with van der Waals surface area (Å²) < 4.78 is 6.35. The van der Waals surface area contributed by atoms with Gasteiger partial charge in [-0.1, -0.05) is 0 Å². The van der Waals surface area contributed by atoms with Crippen molar-refractivity contribution in [1.29, 1.82) is 0 Å². The minimum Gasteiger partial charge on any atom is -0.468 e. The number of methoxy groups -OCH3 is 1. The number of carbonyl (C=O) groups excluding carboxylic acids is 2. The molecule has 8 heteroatoms. The third kappa shape index (κ3) is 3.53. The van der Waals surface area contributed by atoms with Crippen LogP contribution in [0, 0.1) is 0 Å². The second kappa shape index (κ2) is 6.47. The van der Waals surface area contributed by atoms with E-state index in [1.165, 1.54) is 13.4 Å². The zero-order chi connectivity index (χ0) is 14.5. The minimum absolute atomic E-state index is 0.0210. The molecule has 1 amide bonds. The number of nitrogens with zero attached hydrogens (tertiary/aromatic N) is 4. The zero-order valence-corrected chi connectivity index (χ0v) is 11.7. The quantitative estimate of drug-likeness (QED) is 0.699. The summed E-state index contributed by atoms with van der Waals surface area (Å²) in [4.78, 5) is 29.1. The summed E-state index contributed by atoms with van der Waals surface area (Å²) in [6.45, 7) is 1.14. The molecular weight excluding hydrogens is 262 g/mol. The second-order valence-electron chi connectivity index (χ2n) is 4.89. The van der Waals surface area contributed by atoms with Crippen LogP contribution >= 0.6 is 0 Å². The number of carbonyl (C=O) groups is 2. The van der Waals surface area contributed by atoms with E-state index in [2.05, 4.69) is 15.4 Å². The molecule has 0 spiro atoms. The normalized spacial score (nSPS) is 22.7. The number of rotatable bonds is 5. The van der Waals surface area contributed by atoms with E-state index in [0.717, 1.165) is 0 Å². The number of hydrogen-bond donors (Lipinski definition) is 1. The van der Waals surface area contributed by atoms with Crippen LogP contribution in [0.5, 0.6) is 0 Å². The molecule has 20 heavy (non-hydrogen) atoms. The number of aromatic nitrogens is 3. The first kappa shape index (κ1) is 14.4. The monoisotopic (exact) mass is 281 g/mol. The highest BCUT2D eigenvalue weighted by molar-refractivity contribution is 5.78. The standard InChI is InChI=1S/C12H19N5O3/c1-16-6-9(5-10(16)12(19)20-2)15-11(18)3-4-17-8-13-7-14-17/h7-10H,3-6H2,1-2H3,(H,15,18)/t9-,10+/m1/s1. The molecule has 1 fully saturated rings. The summed E-state index contributed by atoms with van der Waals surface area (Å²) in [5, 5.41) is 6.87. The molecule has 0 aromatic carbocycles. The van der Waals surface area contributed by atoms with Crippen molar-refractivity contribution in [2.45, 2.75) is 31.5 Å². The first-order valence-electron chi connectivity index (χ1n) is 6.50. The Labute approximate surface area is 117 Å². The third-order valence-corrected chi connectivity index (χ3v) is 3.42. The third-order valence-electron chi connectivity index (χ3n) is 3.42. The van der Waals surface area contributed by atoms with Crippen molar-refractivity contribution >= 4 is 11.9 Å². The van der Waals surface area contributed by atoms with E-state index in [-0.39, 0.29) is 24.0 Å². The number of aryl methyl sites for hydroxylation is 1. The molecule has 1 aromatic heterocycles. The molecule has 110 valence electrons. The van der Waals surface area contributed by atoms with Gasteiger partial charge in [-0.15, -0.1) is 0 Å². The Kier molecular flexibility index (Phi) is 4.67. The van der Waals surface area contributed by atoms with Crippen LogP contribution in [0.4, 0.5) is 0 Å². The highest BCUT2D eigenvalue weighted by atomic mass is 16.5. The van der Waals surface area contributed by atoms with Gasteiger partial charge in [-0.05, 0) is 13.5 Å². The molecule has 0 radical (unpaired) electrons. The minimum atomic E-state index is -0.277. The van der Waals surface area contributed by atoms with Gasteiger partial charge < -0.3 is 10.1 Å². The molecule has 2 heterocycles. The molecule has 1 aliphatic rings. The smallest absolute Gasteiger partial charge is 0.323 e. The number of likely N-dealkylation sites (N-methyl/N-ethyl adjacent to an activating group) is 1. The largest absolute Gasteiger partial charge is 0.468 e. The number of esters is 1. The van der Waals surface area contributed by atoms with Crippen LogP contribution in [0.3, 0.4) is 0 Å². The van der Waals surface area contributed by atoms with Crippen molar-refractivity contribution in [3.63, 3.8) is 0 Å². The Morgan fingerprint density at radius 2 is 2.30 bits per heavy atom. The average molecular weight is 281 g/mol. The van der Waals surface area contributed by atoms with E-state index in [0.29, 0.717) is 25.9 Å². The summed E-state index contributed by atoms with van der Waals surface area (Å²) in [5.41, 5.74) is 0. The van der Waals surface area contributed by atoms with E-state index in [4.69, 9.17) is 4.74 Å². The van der Waals surface area contributed by atoms with Gasteiger partial charge in [-0.2, -0.15) is 5.10 Å². The first-order chi connectivity index (χ1) is 9.60. The Morgan fingerprint density at radius 1 is 1.50 bits per heavy atom. The number of ether oxygens (including phenoxy) is 1. The highest BCUT2D eigenvalue weighted by Crippen LogP contribution is 2.17. The molecule has 1 N–H and O–H groups in total. The van der Waals surface area contributed by atoms with E-state index >= 15 is 0 Å². The van der Waals surface area contributed by atoms with Crippen LogP contribution in [-0.2, 0) is 20.9 Å². The molecule has 1 aliphatic heterocycles. The summed E-state index contributed by atoms with van der Waals surface area (Å²) >= 11 is 0. The molecule has 2 atom stereocenters. The maximum absolute atomic E-state index is 11.8. The van der Waals surface area contributed by atoms with Gasteiger partial charge >= 0.3 is 5.97 Å². The molecule has 0 unspecified atom stereocenters. The van der Waals surface area contributed by atoms with Gasteiger partial charge in [-0.25, -0.2) is 4.98 Å². The van der Waals surface area contributed by atoms with Crippen molar-refractivity contribution in [2.75, 3.05) is 20.7 Å². The molecule has 1 aromatic rings. The highest BCUT2D eigenvalue weighted by Gasteiger charge is 2.35. The zero-order valence-electron chi connectivity index (χ0n) is 11.7. The van der Waals surface area contributed by atoms with Crippen LogP contribution in [0.25, 0.3) is 0 Å². The summed E-state index contributed by atoms with van der Waals surface area (Å²) in [5.74, 6) is -0.309. The number of nitrogens with one attached hydrogen (secondary N) is 1. The first-order valence-corrected chi connectivity index (χ1v) is 6.50. The lowest BCUT2D eigenvalue weighted by Gasteiger charge is -2.15. The fraction of sp³-hybridized carbons (Fsp3) is 0.667. The predicted octanol–water partition coefficient (Wildman–Crippen LogP) is -0.970. The Balaban J connectivity index is 1.76. The molecule has 0 aliphatic carbocycles. The van der Waals surface area contributed by atoms with Gasteiger partial charge in [0.2, 0.25) is 5.91 Å². The van der Waals surface area contributed by atoms with Crippen molar-refractivity contribution in [3.8, 4) is 0 Å². The van der Waals surface area contributed by atoms with E-state index < -0.39 is 0 Å². The van der Waals surface area contributed by atoms with Gasteiger partial charge in [0.05, 0.1) is 13.7 Å². The van der Waals surface area contributed by atoms with Crippen molar-refractivity contribution in [1.82, 2.24) is 25.0 Å². The molecule has 2 rings (SSSR count). The fourth-order valence-electron chi connectivity index (χ4n) is 2.38. The molecule has 0 saturated carbocycles. The molecule has 0 bridgehead atoms. The topological polar surface area (TPSA) is 89.3 Å². The molecule has 8 nitrogen and oxygen atoms in total. The number of likely N-dealkylation sites (tertiary alicyclic amines) is 1. The van der Waals surface area contributed by atoms with Gasteiger partial charge in [0.15, 0.2) is 0 Å². The fourth-order valence-corrected chi connectivity index (χ4v) is 2.38. The van der Waals surface area contributed by atoms with Crippen molar-refractivity contribution in [2.24, 2.45) is 0 Å². The predicted molar refractivity (Wildman–Crippen MR) is 69.6 cm³/mol. The van der Waals surface area contributed by atoms with E-state index in [9.17, 15) is 9.59 Å². The van der Waals surface area contributed by atoms with Crippen LogP contribution < -0.4 is 5.32 Å². The van der Waals surface area contributed by atoms with Crippen molar-refractivity contribution < 1.29 is 14.3 Å². The molecule has 1 saturated heterocycles. The maximum atomic E-state index is 11.8. The number of hydrogen-bond acceptors (Lipinski definition) is 6. The summed E-state index contributed by atoms with van der Waals surface area (Å²) in [6, 6.07) is -0.298. The Hall–Kier alpha value is -1.96. The lowest BCUT2D eigenvalue weighted by molar-refractivity contribution is -0.145. The summed E-state index contributed by atoms with van der Waals surface area (Å²) in [7, 11) is 3.23. The summed E-state index contributed by atoms with van der Waals surface area (Å²) in [6.07, 6.45) is 3.93. The van der Waals surface area contributed by atoms with E-state index in [1.54, 1.807) is 11.0 Å². The van der Waals surface area contributed by atoms with Gasteiger partial charge in [0.25, 0.3) is 0 Å². The van der Waals surface area contributed by atoms with Crippen molar-refractivity contribution in [3.05, 3.63) is 12.7 Å². The van der Waals surface area contributed by atoms with Crippen LogP contribution in [-0.4, -0.2) is 64.3 Å². The van der Waals surface area contributed by atoms with Crippen LogP contribution in [0.2, 0.25) is 0 Å². The van der Waals surface area contributed by atoms with Crippen LogP contribution in [0.1, 0.15) is 12.8 Å². The Morgan fingerprint density at radius 3 is 2.95 bits per heavy atom. The van der Waals surface area contributed by atoms with Gasteiger partial charge in [0.1, 0.15) is 18.7 Å². The lowest BCUT2D eigenvalue weighted by atomic mass is 10.1. The lowest BCUT2D eigenvalue weighted by Crippen LogP contribution is -2.36. The Bertz CT molecular complexity index is 462. The maximum Gasteiger partial charge on any atom is 0.323 e. The second-order valence-corrected chi connectivity index (χ2v) is 4.89.